The van der Waals surface area contributed by atoms with Crippen LogP contribution in [0.1, 0.15) is 35.4 Å². The van der Waals surface area contributed by atoms with E-state index >= 15 is 0 Å². The number of halogens is 3. The normalized spacial score (nSPS) is 28.4. The van der Waals surface area contributed by atoms with Crippen LogP contribution in [0, 0.1) is 5.92 Å². The van der Waals surface area contributed by atoms with Crippen molar-refractivity contribution in [2.45, 2.75) is 31.0 Å². The number of hydrogen-bond donors (Lipinski definition) is 2. The molecular formula is C13H15F3N4O. The first-order valence-electron chi connectivity index (χ1n) is 6.83. The molecule has 1 saturated heterocycles. The summed E-state index contributed by atoms with van der Waals surface area (Å²) in [5.74, 6) is -0.233. The number of aromatic nitrogens is 2. The second-order valence-electron chi connectivity index (χ2n) is 5.62. The van der Waals surface area contributed by atoms with Gasteiger partial charge in [-0.2, -0.15) is 13.2 Å². The first-order chi connectivity index (χ1) is 9.91. The second-order valence-corrected chi connectivity index (χ2v) is 5.62. The highest BCUT2D eigenvalue weighted by Gasteiger charge is 2.47. The predicted molar refractivity (Wildman–Crippen MR) is 67.4 cm³/mol. The highest BCUT2D eigenvalue weighted by molar-refractivity contribution is 5.93. The third kappa shape index (κ3) is 2.59. The number of alkyl halides is 3. The number of fused-ring (bicyclic) bond motifs is 1. The third-order valence-corrected chi connectivity index (χ3v) is 4.34. The molecule has 2 heterocycles. The van der Waals surface area contributed by atoms with Crippen molar-refractivity contribution in [2.24, 2.45) is 5.92 Å². The summed E-state index contributed by atoms with van der Waals surface area (Å²) < 4.78 is 37.9. The van der Waals surface area contributed by atoms with Crippen LogP contribution >= 0.6 is 0 Å². The van der Waals surface area contributed by atoms with Gasteiger partial charge in [0.1, 0.15) is 17.7 Å². The van der Waals surface area contributed by atoms with Crippen molar-refractivity contribution >= 4 is 5.91 Å². The van der Waals surface area contributed by atoms with E-state index in [1.54, 1.807) is 0 Å². The minimum absolute atomic E-state index is 0.246. The Labute approximate surface area is 119 Å². The lowest BCUT2D eigenvalue weighted by Crippen LogP contribution is -2.52. The van der Waals surface area contributed by atoms with Gasteiger partial charge in [-0.1, -0.05) is 6.42 Å². The molecule has 0 aromatic carbocycles. The van der Waals surface area contributed by atoms with E-state index < -0.39 is 17.8 Å². The molecule has 0 radical (unpaired) electrons. The van der Waals surface area contributed by atoms with Gasteiger partial charge in [-0.3, -0.25) is 4.79 Å². The summed E-state index contributed by atoms with van der Waals surface area (Å²) in [6.45, 7) is 1.48. The minimum Gasteiger partial charge on any atom is -0.344 e. The maximum Gasteiger partial charge on any atom is 0.433 e. The summed E-state index contributed by atoms with van der Waals surface area (Å²) in [6.07, 6.45) is -0.932. The number of hydrogen-bond acceptors (Lipinski definition) is 4. The van der Waals surface area contributed by atoms with Crippen molar-refractivity contribution in [3.05, 3.63) is 23.8 Å². The molecule has 0 unspecified atom stereocenters. The fourth-order valence-corrected chi connectivity index (χ4v) is 3.28. The Hall–Kier alpha value is -1.70. The van der Waals surface area contributed by atoms with Crippen molar-refractivity contribution < 1.29 is 18.0 Å². The van der Waals surface area contributed by atoms with Gasteiger partial charge in [0.05, 0.1) is 5.54 Å². The monoisotopic (exact) mass is 300 g/mol. The molecule has 1 saturated carbocycles. The van der Waals surface area contributed by atoms with Gasteiger partial charge in [-0.25, -0.2) is 9.97 Å². The topological polar surface area (TPSA) is 66.9 Å². The van der Waals surface area contributed by atoms with Gasteiger partial charge in [-0.15, -0.1) is 0 Å². The molecule has 1 aromatic rings. The maximum atomic E-state index is 12.6. The van der Waals surface area contributed by atoms with Crippen LogP contribution in [-0.2, 0) is 6.18 Å². The average Bonchev–Trinajstić information content (AvgIpc) is 2.97. The van der Waals surface area contributed by atoms with Gasteiger partial charge in [-0.05, 0) is 18.8 Å². The Morgan fingerprint density at radius 1 is 1.43 bits per heavy atom. The van der Waals surface area contributed by atoms with Crippen molar-refractivity contribution in [1.29, 1.82) is 0 Å². The van der Waals surface area contributed by atoms with E-state index in [-0.39, 0.29) is 11.2 Å². The highest BCUT2D eigenvalue weighted by atomic mass is 19.4. The number of amides is 1. The summed E-state index contributed by atoms with van der Waals surface area (Å²) in [6, 6.07) is 0.693. The van der Waals surface area contributed by atoms with Crippen molar-refractivity contribution in [1.82, 2.24) is 20.6 Å². The smallest absolute Gasteiger partial charge is 0.344 e. The van der Waals surface area contributed by atoms with E-state index in [1.807, 2.05) is 0 Å². The van der Waals surface area contributed by atoms with Gasteiger partial charge in [0, 0.05) is 19.2 Å². The zero-order chi connectivity index (χ0) is 15.1. The van der Waals surface area contributed by atoms with Crippen LogP contribution in [0.4, 0.5) is 13.2 Å². The number of rotatable bonds is 2. The first-order valence-corrected chi connectivity index (χ1v) is 6.83. The van der Waals surface area contributed by atoms with E-state index in [1.165, 1.54) is 0 Å². The number of nitrogens with zero attached hydrogens (tertiary/aromatic N) is 2. The maximum absolute atomic E-state index is 12.6. The SMILES string of the molecule is O=C(N[C@]12CCC[C@H]1CNC2)c1cc(C(F)(F)F)ncn1. The van der Waals surface area contributed by atoms with E-state index in [2.05, 4.69) is 20.6 Å². The van der Waals surface area contributed by atoms with Crippen LogP contribution in [0.25, 0.3) is 0 Å². The zero-order valence-corrected chi connectivity index (χ0v) is 11.2. The average molecular weight is 300 g/mol. The number of carbonyl (C=O) groups is 1. The zero-order valence-electron chi connectivity index (χ0n) is 11.2. The number of nitrogens with one attached hydrogen (secondary N) is 2. The molecule has 1 aliphatic heterocycles. The molecule has 2 fully saturated rings. The Balaban J connectivity index is 1.80. The molecule has 1 aromatic heterocycles. The third-order valence-electron chi connectivity index (χ3n) is 4.34. The summed E-state index contributed by atoms with van der Waals surface area (Å²) in [4.78, 5) is 19.0. The Kier molecular flexibility index (Phi) is 3.35. The molecule has 114 valence electrons. The molecule has 2 N–H and O–H groups in total. The lowest BCUT2D eigenvalue weighted by atomic mass is 9.90. The molecule has 2 atom stereocenters. The Bertz CT molecular complexity index is 551. The van der Waals surface area contributed by atoms with Crippen molar-refractivity contribution in [2.75, 3.05) is 13.1 Å². The molecule has 1 amide bonds. The van der Waals surface area contributed by atoms with Crippen molar-refractivity contribution in [3.63, 3.8) is 0 Å². The molecule has 8 heteroatoms. The Morgan fingerprint density at radius 3 is 3.00 bits per heavy atom. The van der Waals surface area contributed by atoms with Gasteiger partial charge < -0.3 is 10.6 Å². The van der Waals surface area contributed by atoms with Gasteiger partial charge >= 0.3 is 6.18 Å². The van der Waals surface area contributed by atoms with E-state index in [4.69, 9.17) is 0 Å². The quantitative estimate of drug-likeness (QED) is 0.865. The van der Waals surface area contributed by atoms with Crippen LogP contribution in [0.2, 0.25) is 0 Å². The van der Waals surface area contributed by atoms with Crippen LogP contribution in [0.15, 0.2) is 12.4 Å². The summed E-state index contributed by atoms with van der Waals surface area (Å²) in [7, 11) is 0. The van der Waals surface area contributed by atoms with E-state index in [0.717, 1.165) is 32.1 Å². The van der Waals surface area contributed by atoms with Crippen molar-refractivity contribution in [3.8, 4) is 0 Å². The summed E-state index contributed by atoms with van der Waals surface area (Å²) in [5.41, 5.74) is -1.70. The standard InChI is InChI=1S/C13H15F3N4O/c14-13(15,16)10-4-9(18-7-19-10)11(21)20-12-3-1-2-8(12)5-17-6-12/h4,7-8,17H,1-3,5-6H2,(H,20,21)/t8-,12-/m0/s1. The van der Waals surface area contributed by atoms with E-state index in [0.29, 0.717) is 18.5 Å². The molecule has 21 heavy (non-hydrogen) atoms. The molecule has 0 spiro atoms. The molecule has 0 bridgehead atoms. The van der Waals surface area contributed by atoms with Gasteiger partial charge in [0.15, 0.2) is 0 Å². The lowest BCUT2D eigenvalue weighted by Gasteiger charge is -2.29. The van der Waals surface area contributed by atoms with Gasteiger partial charge in [0.25, 0.3) is 5.91 Å². The summed E-state index contributed by atoms with van der Waals surface area (Å²) >= 11 is 0. The first kappa shape index (κ1) is 14.2. The fourth-order valence-electron chi connectivity index (χ4n) is 3.28. The molecule has 2 aliphatic rings. The Morgan fingerprint density at radius 2 is 2.24 bits per heavy atom. The molecule has 5 nitrogen and oxygen atoms in total. The van der Waals surface area contributed by atoms with Crippen LogP contribution in [0.3, 0.4) is 0 Å². The summed E-state index contributed by atoms with van der Waals surface area (Å²) in [5, 5.41) is 6.12. The minimum atomic E-state index is -4.58. The fraction of sp³-hybridized carbons (Fsp3) is 0.615. The largest absolute Gasteiger partial charge is 0.433 e. The van der Waals surface area contributed by atoms with Crippen LogP contribution in [-0.4, -0.2) is 34.5 Å². The predicted octanol–water partition coefficient (Wildman–Crippen LogP) is 1.37. The lowest BCUT2D eigenvalue weighted by molar-refractivity contribution is -0.141. The van der Waals surface area contributed by atoms with E-state index in [9.17, 15) is 18.0 Å². The van der Waals surface area contributed by atoms with Crippen LogP contribution in [0.5, 0.6) is 0 Å². The highest BCUT2D eigenvalue weighted by Crippen LogP contribution is 2.38. The molecule has 3 rings (SSSR count). The number of carbonyl (C=O) groups excluding carboxylic acids is 1. The molecule has 1 aliphatic carbocycles. The van der Waals surface area contributed by atoms with Crippen LogP contribution < -0.4 is 10.6 Å². The molecular weight excluding hydrogens is 285 g/mol. The second kappa shape index (κ2) is 4.94. The van der Waals surface area contributed by atoms with Gasteiger partial charge in [0.2, 0.25) is 0 Å².